The Kier molecular flexibility index (Phi) is 4.63. The largest absolute Gasteiger partial charge is 0.441 e. The Labute approximate surface area is 165 Å². The highest BCUT2D eigenvalue weighted by molar-refractivity contribution is 6.31. The van der Waals surface area contributed by atoms with Gasteiger partial charge in [0.25, 0.3) is 11.8 Å². The summed E-state index contributed by atoms with van der Waals surface area (Å²) in [7, 11) is 0. The summed E-state index contributed by atoms with van der Waals surface area (Å²) in [6, 6.07) is 15.5. The maximum absolute atomic E-state index is 12.2. The van der Waals surface area contributed by atoms with E-state index < -0.39 is 24.5 Å². The molecule has 4 rings (SSSR count). The van der Waals surface area contributed by atoms with Crippen molar-refractivity contribution in [3.8, 4) is 0 Å². The number of pyridine rings is 1. The van der Waals surface area contributed by atoms with E-state index in [2.05, 4.69) is 4.98 Å². The number of imide groups is 1. The maximum atomic E-state index is 12.2. The lowest BCUT2D eigenvalue weighted by molar-refractivity contribution is -0.140. The summed E-state index contributed by atoms with van der Waals surface area (Å²) < 4.78 is 5.04. The van der Waals surface area contributed by atoms with E-state index in [1.165, 1.54) is 12.2 Å². The van der Waals surface area contributed by atoms with Crippen molar-refractivity contribution in [3.05, 3.63) is 82.5 Å². The zero-order valence-electron chi connectivity index (χ0n) is 14.5. The van der Waals surface area contributed by atoms with Crippen LogP contribution in [0.5, 0.6) is 0 Å². The summed E-state index contributed by atoms with van der Waals surface area (Å²) in [6.45, 7) is -0.448. The Morgan fingerprint density at radius 1 is 1.04 bits per heavy atom. The van der Waals surface area contributed by atoms with E-state index in [-0.39, 0.29) is 0 Å². The smallest absolute Gasteiger partial charge is 0.332 e. The van der Waals surface area contributed by atoms with Crippen molar-refractivity contribution in [2.45, 2.75) is 0 Å². The molecule has 0 radical (unpaired) electrons. The number of aromatic nitrogens is 1. The van der Waals surface area contributed by atoms with Crippen molar-refractivity contribution in [3.63, 3.8) is 0 Å². The van der Waals surface area contributed by atoms with Gasteiger partial charge in [0.2, 0.25) is 0 Å². The van der Waals surface area contributed by atoms with Crippen LogP contribution in [0.2, 0.25) is 5.02 Å². The van der Waals surface area contributed by atoms with Gasteiger partial charge in [0, 0.05) is 16.5 Å². The third-order valence-corrected chi connectivity index (χ3v) is 4.52. The molecule has 0 spiro atoms. The van der Waals surface area contributed by atoms with Crippen LogP contribution < -0.4 is 0 Å². The molecule has 2 amide bonds. The van der Waals surface area contributed by atoms with Crippen molar-refractivity contribution in [1.82, 2.24) is 9.88 Å². The first kappa shape index (κ1) is 17.9. The number of nitrogens with zero attached hydrogens (tertiary/aromatic N) is 2. The van der Waals surface area contributed by atoms with E-state index in [0.29, 0.717) is 27.4 Å². The Balaban J connectivity index is 1.41. The lowest BCUT2D eigenvalue weighted by Gasteiger charge is -2.12. The minimum atomic E-state index is -0.690. The van der Waals surface area contributed by atoms with Crippen molar-refractivity contribution in [2.24, 2.45) is 0 Å². The predicted octanol–water partition coefficient (Wildman–Crippen LogP) is 3.70. The Morgan fingerprint density at radius 2 is 1.71 bits per heavy atom. The average molecular weight is 393 g/mol. The van der Waals surface area contributed by atoms with Gasteiger partial charge in [-0.3, -0.25) is 9.59 Å². The van der Waals surface area contributed by atoms with E-state index in [1.54, 1.807) is 42.5 Å². The normalized spacial score (nSPS) is 13.4. The van der Waals surface area contributed by atoms with Crippen LogP contribution in [-0.4, -0.2) is 34.4 Å². The molecule has 3 aromatic rings. The number of carbonyl (C=O) groups is 3. The van der Waals surface area contributed by atoms with Gasteiger partial charge in [0.15, 0.2) is 6.73 Å². The second kappa shape index (κ2) is 7.25. The molecule has 2 heterocycles. The molecule has 0 saturated heterocycles. The van der Waals surface area contributed by atoms with Crippen LogP contribution >= 0.6 is 11.6 Å². The molecule has 0 unspecified atom stereocenters. The van der Waals surface area contributed by atoms with E-state index in [4.69, 9.17) is 16.3 Å². The minimum Gasteiger partial charge on any atom is -0.441 e. The van der Waals surface area contributed by atoms with Crippen molar-refractivity contribution in [2.75, 3.05) is 6.73 Å². The zero-order chi connectivity index (χ0) is 19.7. The predicted molar refractivity (Wildman–Crippen MR) is 104 cm³/mol. The number of fused-ring (bicyclic) bond motifs is 2. The second-order valence-corrected chi connectivity index (χ2v) is 6.52. The molecule has 1 aromatic heterocycles. The van der Waals surface area contributed by atoms with E-state index in [9.17, 15) is 14.4 Å². The molecule has 0 N–H and O–H groups in total. The van der Waals surface area contributed by atoms with E-state index >= 15 is 0 Å². The molecule has 0 bridgehead atoms. The molecule has 0 aliphatic carbocycles. The molecule has 7 heteroatoms. The molecule has 1 aliphatic heterocycles. The zero-order valence-corrected chi connectivity index (χ0v) is 15.2. The number of ether oxygens (including phenoxy) is 1. The molecular weight excluding hydrogens is 380 g/mol. The van der Waals surface area contributed by atoms with Crippen LogP contribution in [-0.2, 0) is 9.53 Å². The Bertz CT molecular complexity index is 1120. The molecule has 138 valence electrons. The fraction of sp³-hybridized carbons (Fsp3) is 0.0476. The lowest BCUT2D eigenvalue weighted by atomic mass is 10.1. The van der Waals surface area contributed by atoms with Crippen LogP contribution in [0.1, 0.15) is 26.4 Å². The Morgan fingerprint density at radius 3 is 2.43 bits per heavy atom. The third kappa shape index (κ3) is 3.37. The van der Waals surface area contributed by atoms with Crippen molar-refractivity contribution in [1.29, 1.82) is 0 Å². The average Bonchev–Trinajstić information content (AvgIpc) is 2.95. The van der Waals surface area contributed by atoms with Gasteiger partial charge >= 0.3 is 5.97 Å². The van der Waals surface area contributed by atoms with Gasteiger partial charge in [0.05, 0.1) is 22.3 Å². The maximum Gasteiger partial charge on any atom is 0.332 e. The van der Waals surface area contributed by atoms with Crippen LogP contribution in [0.25, 0.3) is 17.0 Å². The highest BCUT2D eigenvalue weighted by Crippen LogP contribution is 2.22. The number of carbonyl (C=O) groups excluding carboxylic acids is 3. The topological polar surface area (TPSA) is 76.6 Å². The quantitative estimate of drug-likeness (QED) is 0.384. The highest BCUT2D eigenvalue weighted by atomic mass is 35.5. The number of esters is 1. The van der Waals surface area contributed by atoms with Gasteiger partial charge in [-0.1, -0.05) is 35.9 Å². The minimum absolute atomic E-state index is 0.304. The summed E-state index contributed by atoms with van der Waals surface area (Å²) in [6.07, 6.45) is 2.68. The highest BCUT2D eigenvalue weighted by Gasteiger charge is 2.35. The fourth-order valence-corrected chi connectivity index (χ4v) is 3.05. The number of hydrogen-bond donors (Lipinski definition) is 0. The number of amides is 2. The number of halogens is 1. The second-order valence-electron chi connectivity index (χ2n) is 6.08. The van der Waals surface area contributed by atoms with Gasteiger partial charge in [-0.25, -0.2) is 14.7 Å². The molecular formula is C21H13ClN2O4. The van der Waals surface area contributed by atoms with Gasteiger partial charge < -0.3 is 4.74 Å². The van der Waals surface area contributed by atoms with E-state index in [0.717, 1.165) is 10.3 Å². The monoisotopic (exact) mass is 392 g/mol. The molecule has 1 aliphatic rings. The van der Waals surface area contributed by atoms with Gasteiger partial charge in [0.1, 0.15) is 0 Å². The van der Waals surface area contributed by atoms with Crippen molar-refractivity contribution < 1.29 is 19.1 Å². The summed E-state index contributed by atoms with van der Waals surface area (Å²) in [5, 5.41) is 1.50. The van der Waals surface area contributed by atoms with Crippen molar-refractivity contribution >= 4 is 46.4 Å². The van der Waals surface area contributed by atoms with Crippen LogP contribution in [0.4, 0.5) is 0 Å². The summed E-state index contributed by atoms with van der Waals surface area (Å²) in [5.41, 5.74) is 1.86. The third-order valence-electron chi connectivity index (χ3n) is 4.28. The number of benzene rings is 2. The first-order valence-corrected chi connectivity index (χ1v) is 8.77. The van der Waals surface area contributed by atoms with E-state index in [1.807, 2.05) is 12.1 Å². The standard InChI is InChI=1S/C21H13ClN2O4/c22-14-7-5-13-6-8-15(23-18(13)11-14)9-10-19(25)28-12-24-20(26)16-3-1-2-4-17(16)21(24)27/h1-11H,12H2. The fourth-order valence-electron chi connectivity index (χ4n) is 2.89. The summed E-state index contributed by atoms with van der Waals surface area (Å²) >= 11 is 5.97. The van der Waals surface area contributed by atoms with Crippen LogP contribution in [0.15, 0.2) is 60.7 Å². The SMILES string of the molecule is O=C(C=Cc1ccc2ccc(Cl)cc2n1)OCN1C(=O)c2ccccc2C1=O. The van der Waals surface area contributed by atoms with Crippen LogP contribution in [0.3, 0.4) is 0 Å². The van der Waals surface area contributed by atoms with Gasteiger partial charge in [-0.15, -0.1) is 0 Å². The summed E-state index contributed by atoms with van der Waals surface area (Å²) in [4.78, 5) is 41.7. The molecule has 0 atom stereocenters. The van der Waals surface area contributed by atoms with Crippen LogP contribution in [0, 0.1) is 0 Å². The molecule has 0 saturated carbocycles. The van der Waals surface area contributed by atoms with Gasteiger partial charge in [-0.05, 0) is 36.4 Å². The molecule has 6 nitrogen and oxygen atoms in total. The molecule has 0 fully saturated rings. The Hall–Kier alpha value is -3.51. The first-order chi connectivity index (χ1) is 13.5. The lowest BCUT2D eigenvalue weighted by Crippen LogP contribution is -2.32. The summed E-state index contributed by atoms with van der Waals surface area (Å²) in [5.74, 6) is -1.65. The van der Waals surface area contributed by atoms with Gasteiger partial charge in [-0.2, -0.15) is 0 Å². The number of hydrogen-bond acceptors (Lipinski definition) is 5. The molecule has 28 heavy (non-hydrogen) atoms. The first-order valence-electron chi connectivity index (χ1n) is 8.39. The molecule has 2 aromatic carbocycles. The number of rotatable bonds is 4.